The highest BCUT2D eigenvalue weighted by molar-refractivity contribution is 9.10. The zero-order valence-electron chi connectivity index (χ0n) is 13.1. The molecule has 0 radical (unpaired) electrons. The van der Waals surface area contributed by atoms with E-state index in [0.29, 0.717) is 23.6 Å². The van der Waals surface area contributed by atoms with Crippen LogP contribution in [0.1, 0.15) is 11.3 Å². The first-order valence-electron chi connectivity index (χ1n) is 7.48. The summed E-state index contributed by atoms with van der Waals surface area (Å²) < 4.78 is 0.961. The summed E-state index contributed by atoms with van der Waals surface area (Å²) in [6.07, 6.45) is 1.76. The molecule has 1 N–H and O–H groups in total. The van der Waals surface area contributed by atoms with Crippen molar-refractivity contribution < 1.29 is 0 Å². The highest BCUT2D eigenvalue weighted by Crippen LogP contribution is 2.27. The second-order valence-corrected chi connectivity index (χ2v) is 6.90. The lowest BCUT2D eigenvalue weighted by Crippen LogP contribution is -2.23. The number of benzene rings is 1. The molecule has 0 amide bonds. The van der Waals surface area contributed by atoms with E-state index in [0.717, 1.165) is 32.8 Å². The summed E-state index contributed by atoms with van der Waals surface area (Å²) in [6, 6.07) is 11.7. The van der Waals surface area contributed by atoms with Gasteiger partial charge in [-0.2, -0.15) is 5.10 Å². The minimum absolute atomic E-state index is 0.345. The average molecular weight is 484 g/mol. The molecule has 0 bridgehead atoms. The fourth-order valence-corrected chi connectivity index (χ4v) is 3.30. The molecule has 0 saturated carbocycles. The minimum Gasteiger partial charge on any atom is -0.274 e. The van der Waals surface area contributed by atoms with Gasteiger partial charge in [0.15, 0.2) is 0 Å². The molecular formula is C17H14Br2ClN5. The van der Waals surface area contributed by atoms with Crippen molar-refractivity contribution in [3.63, 3.8) is 0 Å². The van der Waals surface area contributed by atoms with Gasteiger partial charge in [0.1, 0.15) is 5.84 Å². The number of rotatable bonds is 4. The van der Waals surface area contributed by atoms with Gasteiger partial charge in [0.25, 0.3) is 0 Å². The summed E-state index contributed by atoms with van der Waals surface area (Å²) in [5, 5.41) is 4.88. The summed E-state index contributed by atoms with van der Waals surface area (Å²) >= 11 is 12.7. The highest BCUT2D eigenvalue weighted by Gasteiger charge is 2.17. The van der Waals surface area contributed by atoms with Crippen LogP contribution >= 0.6 is 43.5 Å². The number of nitrogens with one attached hydrogen (secondary N) is 1. The first-order valence-corrected chi connectivity index (χ1v) is 9.93. The molecule has 1 aromatic heterocycles. The maximum Gasteiger partial charge on any atom is 0.144 e. The molecule has 5 nitrogen and oxygen atoms in total. The molecule has 0 fully saturated rings. The Hall–Kier alpha value is -1.57. The van der Waals surface area contributed by atoms with Crippen LogP contribution in [-0.2, 0) is 0 Å². The van der Waals surface area contributed by atoms with Crippen molar-refractivity contribution in [3.05, 3.63) is 58.3 Å². The van der Waals surface area contributed by atoms with Crippen molar-refractivity contribution in [2.24, 2.45) is 15.1 Å². The van der Waals surface area contributed by atoms with Gasteiger partial charge in [-0.05, 0) is 30.3 Å². The minimum atomic E-state index is 0.345. The summed E-state index contributed by atoms with van der Waals surface area (Å²) in [5.41, 5.74) is 7.12. The van der Waals surface area contributed by atoms with Gasteiger partial charge in [-0.1, -0.05) is 37.9 Å². The van der Waals surface area contributed by atoms with Crippen LogP contribution in [-0.4, -0.2) is 40.0 Å². The number of aromatic nitrogens is 1. The van der Waals surface area contributed by atoms with E-state index >= 15 is 0 Å². The number of hydrogen-bond donors (Lipinski definition) is 1. The van der Waals surface area contributed by atoms with Crippen molar-refractivity contribution in [1.82, 2.24) is 10.4 Å². The topological polar surface area (TPSA) is 62.0 Å². The summed E-state index contributed by atoms with van der Waals surface area (Å²) in [6.45, 7) is 0.375. The van der Waals surface area contributed by atoms with Crippen LogP contribution in [0.15, 0.2) is 62.2 Å². The second kappa shape index (κ2) is 8.69. The predicted molar refractivity (Wildman–Crippen MR) is 111 cm³/mol. The van der Waals surface area contributed by atoms with Crippen LogP contribution < -0.4 is 5.43 Å². The third-order valence-electron chi connectivity index (χ3n) is 3.42. The van der Waals surface area contributed by atoms with E-state index in [1.165, 1.54) is 0 Å². The van der Waals surface area contributed by atoms with Crippen molar-refractivity contribution in [3.8, 4) is 0 Å². The SMILES string of the molecule is ClCC(CBr)=NNC1=Nc2ccc(Br)cc2C(c2ccccn2)=NC1. The Kier molecular flexibility index (Phi) is 6.34. The van der Waals surface area contributed by atoms with Gasteiger partial charge in [0.05, 0.1) is 35.2 Å². The molecule has 0 spiro atoms. The Labute approximate surface area is 167 Å². The van der Waals surface area contributed by atoms with Gasteiger partial charge < -0.3 is 0 Å². The Bertz CT molecular complexity index is 843. The lowest BCUT2D eigenvalue weighted by atomic mass is 10.0. The largest absolute Gasteiger partial charge is 0.274 e. The molecule has 3 rings (SSSR count). The van der Waals surface area contributed by atoms with Gasteiger partial charge in [-0.3, -0.25) is 15.4 Å². The van der Waals surface area contributed by atoms with Crippen LogP contribution in [0, 0.1) is 0 Å². The molecule has 1 aromatic carbocycles. The van der Waals surface area contributed by atoms with Crippen molar-refractivity contribution in [1.29, 1.82) is 0 Å². The molecule has 8 heteroatoms. The lowest BCUT2D eigenvalue weighted by molar-refractivity contribution is 0.988. The maximum atomic E-state index is 5.84. The number of amidine groups is 1. The average Bonchev–Trinajstić information content (AvgIpc) is 2.82. The number of alkyl halides is 2. The number of fused-ring (bicyclic) bond motifs is 1. The number of aliphatic imine (C=N–C) groups is 2. The fourth-order valence-electron chi connectivity index (χ4n) is 2.24. The number of hydrazone groups is 1. The van der Waals surface area contributed by atoms with Crippen molar-refractivity contribution >= 4 is 66.4 Å². The molecule has 1 aliphatic rings. The van der Waals surface area contributed by atoms with Crippen molar-refractivity contribution in [2.75, 3.05) is 17.8 Å². The van der Waals surface area contributed by atoms with E-state index in [2.05, 4.69) is 52.4 Å². The molecular weight excluding hydrogens is 469 g/mol. The number of pyridine rings is 1. The molecule has 0 saturated heterocycles. The van der Waals surface area contributed by atoms with E-state index < -0.39 is 0 Å². The standard InChI is InChI=1S/C17H14Br2ClN5/c18-8-12(9-20)24-25-16-10-22-17(15-3-1-2-6-21-15)13-7-11(19)4-5-14(13)23-16/h1-7H,8-10H2,(H,23,25). The third-order valence-corrected chi connectivity index (χ3v) is 4.86. The zero-order valence-corrected chi connectivity index (χ0v) is 17.0. The third kappa shape index (κ3) is 4.54. The summed E-state index contributed by atoms with van der Waals surface area (Å²) in [5.74, 6) is 0.996. The highest BCUT2D eigenvalue weighted by atomic mass is 79.9. The fraction of sp³-hybridized carbons (Fsp3) is 0.176. The van der Waals surface area contributed by atoms with E-state index in [-0.39, 0.29) is 0 Å². The maximum absolute atomic E-state index is 5.84. The molecule has 2 heterocycles. The van der Waals surface area contributed by atoms with Gasteiger partial charge >= 0.3 is 0 Å². The Balaban J connectivity index is 2.01. The smallest absolute Gasteiger partial charge is 0.144 e. The summed E-state index contributed by atoms with van der Waals surface area (Å²) in [4.78, 5) is 13.8. The molecule has 0 unspecified atom stereocenters. The first-order chi connectivity index (χ1) is 12.2. The Morgan fingerprint density at radius 2 is 2.16 bits per heavy atom. The molecule has 1 aliphatic heterocycles. The number of hydrogen-bond acceptors (Lipinski definition) is 5. The van der Waals surface area contributed by atoms with Gasteiger partial charge in [-0.15, -0.1) is 11.6 Å². The molecule has 0 atom stereocenters. The van der Waals surface area contributed by atoms with E-state index in [4.69, 9.17) is 16.6 Å². The predicted octanol–water partition coefficient (Wildman–Crippen LogP) is 4.30. The molecule has 128 valence electrons. The molecule has 0 aliphatic carbocycles. The van der Waals surface area contributed by atoms with Crippen LogP contribution in [0.5, 0.6) is 0 Å². The van der Waals surface area contributed by atoms with E-state index in [1.54, 1.807) is 6.20 Å². The quantitative estimate of drug-likeness (QED) is 0.400. The number of halogens is 3. The van der Waals surface area contributed by atoms with Crippen molar-refractivity contribution in [2.45, 2.75) is 0 Å². The van der Waals surface area contributed by atoms with Crippen LogP contribution in [0.2, 0.25) is 0 Å². The second-order valence-electron chi connectivity index (χ2n) is 5.16. The molecule has 2 aromatic rings. The number of nitrogens with zero attached hydrogens (tertiary/aromatic N) is 4. The zero-order chi connectivity index (χ0) is 17.6. The lowest BCUT2D eigenvalue weighted by Gasteiger charge is -2.07. The Morgan fingerprint density at radius 1 is 1.28 bits per heavy atom. The van der Waals surface area contributed by atoms with Crippen LogP contribution in [0.4, 0.5) is 5.69 Å². The summed E-state index contributed by atoms with van der Waals surface area (Å²) in [7, 11) is 0. The van der Waals surface area contributed by atoms with Gasteiger partial charge in [0.2, 0.25) is 0 Å². The van der Waals surface area contributed by atoms with Gasteiger partial charge in [0, 0.05) is 21.6 Å². The van der Waals surface area contributed by atoms with Crippen LogP contribution in [0.3, 0.4) is 0 Å². The van der Waals surface area contributed by atoms with E-state index in [1.807, 2.05) is 36.4 Å². The normalized spacial score (nSPS) is 14.3. The monoisotopic (exact) mass is 481 g/mol. The van der Waals surface area contributed by atoms with E-state index in [9.17, 15) is 0 Å². The van der Waals surface area contributed by atoms with Crippen LogP contribution in [0.25, 0.3) is 0 Å². The Morgan fingerprint density at radius 3 is 2.88 bits per heavy atom. The molecule has 25 heavy (non-hydrogen) atoms. The van der Waals surface area contributed by atoms with Gasteiger partial charge in [-0.25, -0.2) is 4.99 Å². The first kappa shape index (κ1) is 18.2.